The van der Waals surface area contributed by atoms with Crippen LogP contribution in [-0.2, 0) is 0 Å². The molecule has 1 aromatic rings. The van der Waals surface area contributed by atoms with Crippen molar-refractivity contribution in [2.24, 2.45) is 5.92 Å². The first-order chi connectivity index (χ1) is 10.1. The minimum Gasteiger partial charge on any atom is -0.497 e. The molecule has 5 nitrogen and oxygen atoms in total. The number of nitrogens with zero attached hydrogens (tertiary/aromatic N) is 1. The molecule has 1 saturated carbocycles. The van der Waals surface area contributed by atoms with Gasteiger partial charge in [-0.05, 0) is 24.8 Å². The summed E-state index contributed by atoms with van der Waals surface area (Å²) in [5.41, 5.74) is 6.69. The topological polar surface area (TPSA) is 64.8 Å². The molecule has 112 valence electrons. The number of terminal acetylenes is 1. The Hall–Kier alpha value is -2.35. The minimum atomic E-state index is -0.186. The number of amides is 1. The van der Waals surface area contributed by atoms with Crippen LogP contribution in [0.1, 0.15) is 23.2 Å². The number of methoxy groups -OCH3 is 2. The summed E-state index contributed by atoms with van der Waals surface area (Å²) < 4.78 is 10.4. The van der Waals surface area contributed by atoms with Crippen LogP contribution in [0.4, 0.5) is 5.69 Å². The highest BCUT2D eigenvalue weighted by Gasteiger charge is 2.28. The van der Waals surface area contributed by atoms with Crippen LogP contribution in [0.15, 0.2) is 12.1 Å². The molecule has 1 amide bonds. The molecular weight excluding hydrogens is 268 g/mol. The molecule has 1 fully saturated rings. The average molecular weight is 288 g/mol. The van der Waals surface area contributed by atoms with Crippen LogP contribution >= 0.6 is 0 Å². The van der Waals surface area contributed by atoms with Crippen molar-refractivity contribution in [1.29, 1.82) is 0 Å². The number of carbonyl (C=O) groups is 1. The third-order valence-electron chi connectivity index (χ3n) is 3.55. The Bertz CT molecular complexity index is 574. The minimum absolute atomic E-state index is 0.186. The largest absolute Gasteiger partial charge is 0.497 e. The molecule has 0 heterocycles. The van der Waals surface area contributed by atoms with Crippen LogP contribution < -0.4 is 15.2 Å². The molecule has 0 unspecified atom stereocenters. The van der Waals surface area contributed by atoms with Gasteiger partial charge in [0.1, 0.15) is 11.5 Å². The molecule has 1 aliphatic rings. The van der Waals surface area contributed by atoms with Gasteiger partial charge in [-0.2, -0.15) is 0 Å². The molecule has 0 aliphatic heterocycles. The van der Waals surface area contributed by atoms with Crippen LogP contribution in [0.2, 0.25) is 0 Å². The Morgan fingerprint density at radius 2 is 2.14 bits per heavy atom. The smallest absolute Gasteiger partial charge is 0.257 e. The van der Waals surface area contributed by atoms with Gasteiger partial charge in [0.05, 0.1) is 32.0 Å². The first-order valence-corrected chi connectivity index (χ1v) is 6.85. The second-order valence-corrected chi connectivity index (χ2v) is 5.12. The SMILES string of the molecule is C#CCN(CC1CC1)C(=O)c1cc(OC)cc(OC)c1N. The summed E-state index contributed by atoms with van der Waals surface area (Å²) in [4.78, 5) is 14.3. The summed E-state index contributed by atoms with van der Waals surface area (Å²) >= 11 is 0. The number of nitrogens with two attached hydrogens (primary N) is 1. The van der Waals surface area contributed by atoms with Gasteiger partial charge < -0.3 is 20.1 Å². The quantitative estimate of drug-likeness (QED) is 0.640. The van der Waals surface area contributed by atoms with Crippen molar-refractivity contribution in [2.45, 2.75) is 12.8 Å². The van der Waals surface area contributed by atoms with E-state index < -0.39 is 0 Å². The normalized spacial score (nSPS) is 13.4. The maximum Gasteiger partial charge on any atom is 0.257 e. The van der Waals surface area contributed by atoms with Gasteiger partial charge >= 0.3 is 0 Å². The number of carbonyl (C=O) groups excluding carboxylic acids is 1. The fraction of sp³-hybridized carbons (Fsp3) is 0.438. The summed E-state index contributed by atoms with van der Waals surface area (Å²) in [6.07, 6.45) is 7.66. The maximum absolute atomic E-state index is 12.7. The van der Waals surface area contributed by atoms with E-state index in [1.807, 2.05) is 0 Å². The number of ether oxygens (including phenoxy) is 2. The lowest BCUT2D eigenvalue weighted by Gasteiger charge is -2.22. The maximum atomic E-state index is 12.7. The number of nitrogen functional groups attached to an aromatic ring is 1. The zero-order chi connectivity index (χ0) is 15.4. The summed E-state index contributed by atoms with van der Waals surface area (Å²) in [6.45, 7) is 0.941. The van der Waals surface area contributed by atoms with E-state index in [1.165, 1.54) is 14.2 Å². The molecule has 21 heavy (non-hydrogen) atoms. The van der Waals surface area contributed by atoms with Crippen molar-refractivity contribution in [3.63, 3.8) is 0 Å². The molecule has 0 aromatic heterocycles. The Morgan fingerprint density at radius 1 is 1.43 bits per heavy atom. The van der Waals surface area contributed by atoms with E-state index in [-0.39, 0.29) is 12.5 Å². The van der Waals surface area contributed by atoms with Crippen LogP contribution in [0, 0.1) is 18.3 Å². The van der Waals surface area contributed by atoms with Gasteiger partial charge in [0.25, 0.3) is 5.91 Å². The zero-order valence-corrected chi connectivity index (χ0v) is 12.4. The Kier molecular flexibility index (Phi) is 4.59. The van der Waals surface area contributed by atoms with Gasteiger partial charge in [0.2, 0.25) is 0 Å². The molecule has 1 aliphatic carbocycles. The van der Waals surface area contributed by atoms with E-state index in [0.29, 0.717) is 35.2 Å². The molecule has 0 bridgehead atoms. The molecule has 2 N–H and O–H groups in total. The highest BCUT2D eigenvalue weighted by Crippen LogP contribution is 2.33. The van der Waals surface area contributed by atoms with Crippen LogP contribution in [0.25, 0.3) is 0 Å². The standard InChI is InChI=1S/C16H20N2O3/c1-4-7-18(10-11-5-6-11)16(19)13-8-12(20-2)9-14(21-3)15(13)17/h1,8-9,11H,5-7,10,17H2,2-3H3. The lowest BCUT2D eigenvalue weighted by atomic mass is 10.1. The Labute approximate surface area is 125 Å². The molecule has 0 atom stereocenters. The Balaban J connectivity index is 2.33. The van der Waals surface area contributed by atoms with E-state index in [0.717, 1.165) is 12.8 Å². The second-order valence-electron chi connectivity index (χ2n) is 5.12. The summed E-state index contributed by atoms with van der Waals surface area (Å²) in [5, 5.41) is 0. The van der Waals surface area contributed by atoms with Crippen molar-refractivity contribution < 1.29 is 14.3 Å². The average Bonchev–Trinajstić information content (AvgIpc) is 3.30. The molecule has 1 aromatic carbocycles. The van der Waals surface area contributed by atoms with Gasteiger partial charge in [-0.15, -0.1) is 6.42 Å². The summed E-state index contributed by atoms with van der Waals surface area (Å²) in [7, 11) is 3.03. The lowest BCUT2D eigenvalue weighted by Crippen LogP contribution is -2.33. The fourth-order valence-corrected chi connectivity index (χ4v) is 2.18. The van der Waals surface area contributed by atoms with Crippen LogP contribution in [-0.4, -0.2) is 38.1 Å². The number of hydrogen-bond acceptors (Lipinski definition) is 4. The number of anilines is 1. The van der Waals surface area contributed by atoms with Crippen molar-refractivity contribution in [2.75, 3.05) is 33.0 Å². The first-order valence-electron chi connectivity index (χ1n) is 6.85. The predicted molar refractivity (Wildman–Crippen MR) is 81.4 cm³/mol. The first kappa shape index (κ1) is 15.0. The number of rotatable bonds is 6. The van der Waals surface area contributed by atoms with E-state index in [1.54, 1.807) is 17.0 Å². The van der Waals surface area contributed by atoms with Crippen molar-refractivity contribution in [3.05, 3.63) is 17.7 Å². The van der Waals surface area contributed by atoms with Crippen LogP contribution in [0.5, 0.6) is 11.5 Å². The molecule has 5 heteroatoms. The van der Waals surface area contributed by atoms with E-state index >= 15 is 0 Å². The molecule has 0 saturated heterocycles. The zero-order valence-electron chi connectivity index (χ0n) is 12.4. The highest BCUT2D eigenvalue weighted by atomic mass is 16.5. The second kappa shape index (κ2) is 6.40. The van der Waals surface area contributed by atoms with E-state index in [9.17, 15) is 4.79 Å². The molecule has 0 spiro atoms. The molecule has 0 radical (unpaired) electrons. The van der Waals surface area contributed by atoms with Gasteiger partial charge in [-0.1, -0.05) is 5.92 Å². The van der Waals surface area contributed by atoms with Gasteiger partial charge in [0.15, 0.2) is 0 Å². The van der Waals surface area contributed by atoms with Crippen molar-refractivity contribution in [1.82, 2.24) is 4.90 Å². The van der Waals surface area contributed by atoms with Gasteiger partial charge in [-0.25, -0.2) is 0 Å². The molecular formula is C16H20N2O3. The summed E-state index contributed by atoms with van der Waals surface area (Å²) in [5.74, 6) is 3.84. The number of hydrogen-bond donors (Lipinski definition) is 1. The van der Waals surface area contributed by atoms with Crippen molar-refractivity contribution in [3.8, 4) is 23.8 Å². The molecule has 2 rings (SSSR count). The monoisotopic (exact) mass is 288 g/mol. The van der Waals surface area contributed by atoms with Gasteiger partial charge in [-0.3, -0.25) is 4.79 Å². The summed E-state index contributed by atoms with van der Waals surface area (Å²) in [6, 6.07) is 3.27. The Morgan fingerprint density at radius 3 is 2.67 bits per heavy atom. The van der Waals surface area contributed by atoms with Gasteiger partial charge in [0, 0.05) is 12.6 Å². The fourth-order valence-electron chi connectivity index (χ4n) is 2.18. The third-order valence-corrected chi connectivity index (χ3v) is 3.55. The van der Waals surface area contributed by atoms with E-state index in [4.69, 9.17) is 21.6 Å². The third kappa shape index (κ3) is 3.40. The predicted octanol–water partition coefficient (Wildman–Crippen LogP) is 1.77. The number of benzene rings is 1. The lowest BCUT2D eigenvalue weighted by molar-refractivity contribution is 0.0770. The highest BCUT2D eigenvalue weighted by molar-refractivity contribution is 6.01. The van der Waals surface area contributed by atoms with Crippen LogP contribution in [0.3, 0.4) is 0 Å². The van der Waals surface area contributed by atoms with Crippen molar-refractivity contribution >= 4 is 11.6 Å². The van der Waals surface area contributed by atoms with E-state index in [2.05, 4.69) is 5.92 Å².